The van der Waals surface area contributed by atoms with Crippen LogP contribution in [0, 0.1) is 0 Å². The van der Waals surface area contributed by atoms with Crippen molar-refractivity contribution in [1.82, 2.24) is 0 Å². The van der Waals surface area contributed by atoms with Crippen molar-refractivity contribution in [3.63, 3.8) is 0 Å². The van der Waals surface area contributed by atoms with Crippen LogP contribution in [0.25, 0.3) is 0 Å². The molecule has 0 saturated heterocycles. The first kappa shape index (κ1) is 14.5. The van der Waals surface area contributed by atoms with Crippen molar-refractivity contribution < 1.29 is 22.6 Å². The van der Waals surface area contributed by atoms with Crippen molar-refractivity contribution in [1.29, 1.82) is 0 Å². The molecule has 1 atom stereocenters. The Bertz CT molecular complexity index is 465. The maximum atomic E-state index is 12.3. The zero-order valence-electron chi connectivity index (χ0n) is 9.97. The summed E-state index contributed by atoms with van der Waals surface area (Å²) in [5.74, 6) is 0.944. The first-order chi connectivity index (χ1) is 8.87. The number of halogens is 4. The van der Waals surface area contributed by atoms with E-state index in [0.29, 0.717) is 34.7 Å². The fourth-order valence-electron chi connectivity index (χ4n) is 1.83. The third kappa shape index (κ3) is 3.76. The summed E-state index contributed by atoms with van der Waals surface area (Å²) < 4.78 is 48.5. The molecule has 3 nitrogen and oxygen atoms in total. The van der Waals surface area contributed by atoms with E-state index >= 15 is 0 Å². The first-order valence-electron chi connectivity index (χ1n) is 5.78. The molecule has 1 aliphatic rings. The largest absolute Gasteiger partial charge is 0.490 e. The lowest BCUT2D eigenvalue weighted by molar-refractivity contribution is -0.138. The second-order valence-electron chi connectivity index (χ2n) is 4.31. The van der Waals surface area contributed by atoms with Gasteiger partial charge in [0.2, 0.25) is 0 Å². The molecule has 0 amide bonds. The summed E-state index contributed by atoms with van der Waals surface area (Å²) >= 11 is 3.27. The summed E-state index contributed by atoms with van der Waals surface area (Å²) in [6.45, 7) is 0.983. The van der Waals surface area contributed by atoms with Crippen LogP contribution in [0.3, 0.4) is 0 Å². The standard InChI is InChI=1S/C12H13BrF3NO2/c13-8-4-7(9(17)6-12(14,15)16)5-10-11(8)19-3-1-2-18-10/h4-5,9H,1-3,6,17H2. The van der Waals surface area contributed by atoms with Crippen molar-refractivity contribution in [3.8, 4) is 11.5 Å². The summed E-state index contributed by atoms with van der Waals surface area (Å²) in [5, 5.41) is 0. The molecule has 1 unspecified atom stereocenters. The molecular weight excluding hydrogens is 327 g/mol. The SMILES string of the molecule is NC(CC(F)(F)F)c1cc(Br)c2c(c1)OCCCO2. The molecule has 0 fully saturated rings. The smallest absolute Gasteiger partial charge is 0.390 e. The number of ether oxygens (including phenoxy) is 2. The average Bonchev–Trinajstić information content (AvgIpc) is 2.51. The van der Waals surface area contributed by atoms with Gasteiger partial charge >= 0.3 is 6.18 Å². The van der Waals surface area contributed by atoms with Gasteiger partial charge in [0.15, 0.2) is 11.5 Å². The second-order valence-corrected chi connectivity index (χ2v) is 5.16. The third-order valence-electron chi connectivity index (χ3n) is 2.70. The molecule has 0 saturated carbocycles. The number of alkyl halides is 3. The summed E-state index contributed by atoms with van der Waals surface area (Å²) in [6, 6.07) is 1.94. The van der Waals surface area contributed by atoms with Gasteiger partial charge < -0.3 is 15.2 Å². The van der Waals surface area contributed by atoms with Gasteiger partial charge in [-0.15, -0.1) is 0 Å². The highest BCUT2D eigenvalue weighted by atomic mass is 79.9. The van der Waals surface area contributed by atoms with E-state index < -0.39 is 18.6 Å². The molecule has 0 spiro atoms. The summed E-state index contributed by atoms with van der Waals surface area (Å²) in [4.78, 5) is 0. The number of nitrogens with two attached hydrogens (primary N) is 1. The second kappa shape index (κ2) is 5.58. The minimum atomic E-state index is -4.30. The average molecular weight is 340 g/mol. The van der Waals surface area contributed by atoms with E-state index in [1.807, 2.05) is 0 Å². The van der Waals surface area contributed by atoms with Crippen LogP contribution in [0.2, 0.25) is 0 Å². The highest BCUT2D eigenvalue weighted by molar-refractivity contribution is 9.10. The van der Waals surface area contributed by atoms with Gasteiger partial charge in [0, 0.05) is 12.5 Å². The normalized spacial score (nSPS) is 16.9. The summed E-state index contributed by atoms with van der Waals surface area (Å²) in [5.41, 5.74) is 5.95. The maximum absolute atomic E-state index is 12.3. The topological polar surface area (TPSA) is 44.5 Å². The Morgan fingerprint density at radius 1 is 1.26 bits per heavy atom. The molecule has 1 heterocycles. The van der Waals surface area contributed by atoms with Crippen molar-refractivity contribution in [2.24, 2.45) is 5.73 Å². The first-order valence-corrected chi connectivity index (χ1v) is 6.57. The number of hydrogen-bond acceptors (Lipinski definition) is 3. The molecule has 1 aromatic rings. The Kier molecular flexibility index (Phi) is 4.25. The van der Waals surface area contributed by atoms with Crippen LogP contribution in [0.15, 0.2) is 16.6 Å². The van der Waals surface area contributed by atoms with Gasteiger partial charge in [0.05, 0.1) is 24.1 Å². The van der Waals surface area contributed by atoms with Gasteiger partial charge in [0.1, 0.15) is 0 Å². The van der Waals surface area contributed by atoms with Gasteiger partial charge in [-0.05, 0) is 33.6 Å². The van der Waals surface area contributed by atoms with Crippen LogP contribution in [0.5, 0.6) is 11.5 Å². The third-order valence-corrected chi connectivity index (χ3v) is 3.29. The van der Waals surface area contributed by atoms with Gasteiger partial charge in [-0.3, -0.25) is 0 Å². The summed E-state index contributed by atoms with van der Waals surface area (Å²) in [7, 11) is 0. The Morgan fingerprint density at radius 3 is 2.63 bits per heavy atom. The molecule has 0 radical (unpaired) electrons. The molecule has 2 rings (SSSR count). The van der Waals surface area contributed by atoms with Crippen LogP contribution in [-0.4, -0.2) is 19.4 Å². The highest BCUT2D eigenvalue weighted by Gasteiger charge is 2.31. The van der Waals surface area contributed by atoms with Crippen LogP contribution in [0.1, 0.15) is 24.4 Å². The van der Waals surface area contributed by atoms with Crippen molar-refractivity contribution in [3.05, 3.63) is 22.2 Å². The fourth-order valence-corrected chi connectivity index (χ4v) is 2.41. The van der Waals surface area contributed by atoms with E-state index in [4.69, 9.17) is 15.2 Å². The number of benzene rings is 1. The predicted molar refractivity (Wildman–Crippen MR) is 67.3 cm³/mol. The molecule has 7 heteroatoms. The number of rotatable bonds is 2. The molecule has 0 bridgehead atoms. The lowest BCUT2D eigenvalue weighted by Gasteiger charge is -2.17. The van der Waals surface area contributed by atoms with Gasteiger partial charge in [-0.2, -0.15) is 13.2 Å². The number of hydrogen-bond donors (Lipinski definition) is 1. The predicted octanol–water partition coefficient (Wildman–Crippen LogP) is 3.56. The van der Waals surface area contributed by atoms with E-state index in [1.165, 1.54) is 6.07 Å². The van der Waals surface area contributed by atoms with Crippen molar-refractivity contribution >= 4 is 15.9 Å². The van der Waals surface area contributed by atoms with E-state index in [0.717, 1.165) is 6.42 Å². The zero-order valence-corrected chi connectivity index (χ0v) is 11.6. The zero-order chi connectivity index (χ0) is 14.0. The Hall–Kier alpha value is -0.950. The lowest BCUT2D eigenvalue weighted by atomic mass is 10.0. The molecule has 1 aromatic carbocycles. The van der Waals surface area contributed by atoms with Crippen molar-refractivity contribution in [2.75, 3.05) is 13.2 Å². The Morgan fingerprint density at radius 2 is 1.95 bits per heavy atom. The molecule has 19 heavy (non-hydrogen) atoms. The van der Waals surface area contributed by atoms with E-state index in [-0.39, 0.29) is 0 Å². The van der Waals surface area contributed by atoms with Gasteiger partial charge in [0.25, 0.3) is 0 Å². The molecule has 2 N–H and O–H groups in total. The minimum Gasteiger partial charge on any atom is -0.490 e. The minimum absolute atomic E-state index is 0.369. The van der Waals surface area contributed by atoms with Crippen LogP contribution >= 0.6 is 15.9 Å². The molecular formula is C12H13BrF3NO2. The Balaban J connectivity index is 2.28. The molecule has 106 valence electrons. The molecule has 0 aliphatic carbocycles. The van der Waals surface area contributed by atoms with Crippen LogP contribution in [-0.2, 0) is 0 Å². The quantitative estimate of drug-likeness (QED) is 0.895. The van der Waals surface area contributed by atoms with E-state index in [9.17, 15) is 13.2 Å². The van der Waals surface area contributed by atoms with Crippen LogP contribution in [0.4, 0.5) is 13.2 Å². The maximum Gasteiger partial charge on any atom is 0.390 e. The molecule has 1 aliphatic heterocycles. The molecule has 0 aromatic heterocycles. The lowest BCUT2D eigenvalue weighted by Crippen LogP contribution is -2.20. The fraction of sp³-hybridized carbons (Fsp3) is 0.500. The Labute approximate surface area is 117 Å². The van der Waals surface area contributed by atoms with Gasteiger partial charge in [-0.1, -0.05) is 0 Å². The summed E-state index contributed by atoms with van der Waals surface area (Å²) in [6.07, 6.45) is -4.64. The van der Waals surface area contributed by atoms with Crippen LogP contribution < -0.4 is 15.2 Å². The number of fused-ring (bicyclic) bond motifs is 1. The van der Waals surface area contributed by atoms with E-state index in [1.54, 1.807) is 6.07 Å². The van der Waals surface area contributed by atoms with Crippen molar-refractivity contribution in [2.45, 2.75) is 25.1 Å². The van der Waals surface area contributed by atoms with E-state index in [2.05, 4.69) is 15.9 Å². The van der Waals surface area contributed by atoms with Gasteiger partial charge in [-0.25, -0.2) is 0 Å². The monoisotopic (exact) mass is 339 g/mol. The highest BCUT2D eigenvalue weighted by Crippen LogP contribution is 2.40.